The van der Waals surface area contributed by atoms with Crippen molar-refractivity contribution < 1.29 is 22.8 Å². The quantitative estimate of drug-likeness (QED) is 0.809. The van der Waals surface area contributed by atoms with E-state index in [4.69, 9.17) is 0 Å². The van der Waals surface area contributed by atoms with Gasteiger partial charge in [0.25, 0.3) is 0 Å². The SMILES string of the molecule is Cc1nc2c(s1)CN(C(=O)CNC(=O)/C=C/c1ccc(C(F)(F)F)cc1)C2. The first-order chi connectivity index (χ1) is 12.7. The van der Waals surface area contributed by atoms with Crippen molar-refractivity contribution in [1.29, 1.82) is 0 Å². The Balaban J connectivity index is 1.47. The molecule has 0 unspecified atom stereocenters. The molecule has 0 fully saturated rings. The van der Waals surface area contributed by atoms with Crippen LogP contribution in [0, 0.1) is 6.92 Å². The Bertz CT molecular complexity index is 865. The van der Waals surface area contributed by atoms with Gasteiger partial charge >= 0.3 is 6.18 Å². The average molecular weight is 395 g/mol. The molecule has 142 valence electrons. The standard InChI is InChI=1S/C18H16F3N3O2S/c1-11-23-14-9-24(10-15(14)27-11)17(26)8-22-16(25)7-4-12-2-5-13(6-3-12)18(19,20)21/h2-7H,8-10H2,1H3,(H,22,25)/b7-4+. The molecule has 2 heterocycles. The predicted molar refractivity (Wildman–Crippen MR) is 94.6 cm³/mol. The summed E-state index contributed by atoms with van der Waals surface area (Å²) >= 11 is 1.56. The van der Waals surface area contributed by atoms with Gasteiger partial charge in [0.2, 0.25) is 11.8 Å². The number of aryl methyl sites for hydroxylation is 1. The fourth-order valence-corrected chi connectivity index (χ4v) is 3.60. The van der Waals surface area contributed by atoms with E-state index in [0.717, 1.165) is 27.7 Å². The van der Waals surface area contributed by atoms with Crippen molar-refractivity contribution in [3.63, 3.8) is 0 Å². The van der Waals surface area contributed by atoms with E-state index in [2.05, 4.69) is 10.3 Å². The summed E-state index contributed by atoms with van der Waals surface area (Å²) in [5, 5.41) is 3.45. The van der Waals surface area contributed by atoms with E-state index >= 15 is 0 Å². The summed E-state index contributed by atoms with van der Waals surface area (Å²) < 4.78 is 37.5. The molecule has 3 rings (SSSR count). The van der Waals surface area contributed by atoms with Crippen LogP contribution in [0.4, 0.5) is 13.2 Å². The van der Waals surface area contributed by atoms with Gasteiger partial charge in [-0.05, 0) is 30.7 Å². The molecular formula is C18H16F3N3O2S. The Morgan fingerprint density at radius 1 is 1.26 bits per heavy atom. The number of carbonyl (C=O) groups is 2. The number of benzene rings is 1. The molecule has 0 spiro atoms. The van der Waals surface area contributed by atoms with E-state index in [1.54, 1.807) is 16.2 Å². The third-order valence-electron chi connectivity index (χ3n) is 3.99. The van der Waals surface area contributed by atoms with E-state index in [-0.39, 0.29) is 12.5 Å². The number of rotatable bonds is 4. The Hall–Kier alpha value is -2.68. The Morgan fingerprint density at radius 3 is 2.59 bits per heavy atom. The van der Waals surface area contributed by atoms with Crippen LogP contribution in [0.1, 0.15) is 26.7 Å². The molecule has 9 heteroatoms. The highest BCUT2D eigenvalue weighted by Crippen LogP contribution is 2.29. The number of alkyl halides is 3. The highest BCUT2D eigenvalue weighted by atomic mass is 32.1. The largest absolute Gasteiger partial charge is 0.416 e. The molecule has 5 nitrogen and oxygen atoms in total. The molecule has 1 aliphatic heterocycles. The van der Waals surface area contributed by atoms with E-state index < -0.39 is 17.6 Å². The zero-order valence-corrected chi connectivity index (χ0v) is 15.2. The molecule has 1 aromatic heterocycles. The van der Waals surface area contributed by atoms with E-state index in [1.165, 1.54) is 24.3 Å². The minimum absolute atomic E-state index is 0.149. The number of carbonyl (C=O) groups excluding carboxylic acids is 2. The lowest BCUT2D eigenvalue weighted by atomic mass is 10.1. The number of aromatic nitrogens is 1. The molecule has 0 radical (unpaired) electrons. The van der Waals surface area contributed by atoms with Gasteiger partial charge in [-0.2, -0.15) is 13.2 Å². The van der Waals surface area contributed by atoms with Crippen molar-refractivity contribution in [3.8, 4) is 0 Å². The molecule has 1 N–H and O–H groups in total. The van der Waals surface area contributed by atoms with Gasteiger partial charge in [0.1, 0.15) is 0 Å². The van der Waals surface area contributed by atoms with Crippen molar-refractivity contribution in [3.05, 3.63) is 57.0 Å². The number of amides is 2. The molecule has 0 saturated carbocycles. The minimum atomic E-state index is -4.40. The summed E-state index contributed by atoms with van der Waals surface area (Å²) in [6, 6.07) is 4.44. The lowest BCUT2D eigenvalue weighted by Gasteiger charge is -2.15. The summed E-state index contributed by atoms with van der Waals surface area (Å²) in [5.74, 6) is -0.708. The molecule has 0 saturated heterocycles. The van der Waals surface area contributed by atoms with Crippen LogP contribution in [0.25, 0.3) is 6.08 Å². The molecule has 2 amide bonds. The van der Waals surface area contributed by atoms with Crippen molar-refractivity contribution in [2.45, 2.75) is 26.2 Å². The highest BCUT2D eigenvalue weighted by molar-refractivity contribution is 7.11. The maximum atomic E-state index is 12.5. The molecule has 0 aliphatic carbocycles. The van der Waals surface area contributed by atoms with Gasteiger partial charge in [0.05, 0.1) is 35.9 Å². The summed E-state index contributed by atoms with van der Waals surface area (Å²) in [7, 11) is 0. The van der Waals surface area contributed by atoms with Gasteiger partial charge in [0.15, 0.2) is 0 Å². The first-order valence-corrected chi connectivity index (χ1v) is 8.90. The summed E-state index contributed by atoms with van der Waals surface area (Å²) in [6.45, 7) is 2.70. The molecule has 1 aromatic carbocycles. The number of fused-ring (bicyclic) bond motifs is 1. The maximum absolute atomic E-state index is 12.5. The van der Waals surface area contributed by atoms with Crippen molar-refractivity contribution in [2.75, 3.05) is 6.54 Å². The van der Waals surface area contributed by atoms with Gasteiger partial charge in [-0.15, -0.1) is 11.3 Å². The molecular weight excluding hydrogens is 379 g/mol. The molecule has 27 heavy (non-hydrogen) atoms. The second-order valence-corrected chi connectivity index (χ2v) is 7.31. The fraction of sp³-hybridized carbons (Fsp3) is 0.278. The van der Waals surface area contributed by atoms with E-state index in [1.807, 2.05) is 6.92 Å². The van der Waals surface area contributed by atoms with Gasteiger partial charge < -0.3 is 10.2 Å². The number of thiazole rings is 1. The van der Waals surface area contributed by atoms with Crippen LogP contribution < -0.4 is 5.32 Å². The van der Waals surface area contributed by atoms with Crippen LogP contribution in [0.5, 0.6) is 0 Å². The summed E-state index contributed by atoms with van der Waals surface area (Å²) in [5.41, 5.74) is 0.604. The molecule has 2 aromatic rings. The van der Waals surface area contributed by atoms with E-state index in [0.29, 0.717) is 18.7 Å². The normalized spacial score (nSPS) is 13.9. The number of nitrogens with zero attached hydrogens (tertiary/aromatic N) is 2. The average Bonchev–Trinajstić information content (AvgIpc) is 3.14. The number of hydrogen-bond acceptors (Lipinski definition) is 4. The first-order valence-electron chi connectivity index (χ1n) is 8.08. The number of nitrogens with one attached hydrogen (secondary N) is 1. The zero-order valence-electron chi connectivity index (χ0n) is 14.3. The lowest BCUT2D eigenvalue weighted by Crippen LogP contribution is -2.37. The smallest absolute Gasteiger partial charge is 0.343 e. The van der Waals surface area contributed by atoms with Gasteiger partial charge in [-0.1, -0.05) is 12.1 Å². The van der Waals surface area contributed by atoms with Crippen molar-refractivity contribution in [2.24, 2.45) is 0 Å². The molecule has 0 atom stereocenters. The fourth-order valence-electron chi connectivity index (χ4n) is 2.63. The monoisotopic (exact) mass is 395 g/mol. The van der Waals surface area contributed by atoms with E-state index in [9.17, 15) is 22.8 Å². The Labute approximate surface area is 157 Å². The maximum Gasteiger partial charge on any atom is 0.416 e. The summed E-state index contributed by atoms with van der Waals surface area (Å²) in [6.07, 6.45) is -1.82. The van der Waals surface area contributed by atoms with Crippen LogP contribution in [-0.2, 0) is 28.9 Å². The van der Waals surface area contributed by atoms with Crippen LogP contribution >= 0.6 is 11.3 Å². The lowest BCUT2D eigenvalue weighted by molar-refractivity contribution is -0.137. The third kappa shape index (κ3) is 4.73. The van der Waals surface area contributed by atoms with Crippen LogP contribution in [-0.4, -0.2) is 28.2 Å². The predicted octanol–water partition coefficient (Wildman–Crippen LogP) is 3.14. The third-order valence-corrected chi connectivity index (χ3v) is 4.99. The Morgan fingerprint density at radius 2 is 1.96 bits per heavy atom. The van der Waals surface area contributed by atoms with Gasteiger partial charge in [-0.3, -0.25) is 9.59 Å². The second kappa shape index (κ2) is 7.51. The van der Waals surface area contributed by atoms with Crippen LogP contribution in [0.3, 0.4) is 0 Å². The second-order valence-electron chi connectivity index (χ2n) is 6.02. The van der Waals surface area contributed by atoms with Crippen LogP contribution in [0.2, 0.25) is 0 Å². The summed E-state index contributed by atoms with van der Waals surface area (Å²) in [4.78, 5) is 31.0. The molecule has 1 aliphatic rings. The zero-order chi connectivity index (χ0) is 19.6. The van der Waals surface area contributed by atoms with Gasteiger partial charge in [0, 0.05) is 11.0 Å². The first kappa shape index (κ1) is 19.1. The topological polar surface area (TPSA) is 62.3 Å². The highest BCUT2D eigenvalue weighted by Gasteiger charge is 2.30. The van der Waals surface area contributed by atoms with Crippen LogP contribution in [0.15, 0.2) is 30.3 Å². The minimum Gasteiger partial charge on any atom is -0.343 e. The Kier molecular flexibility index (Phi) is 5.31. The number of hydrogen-bond donors (Lipinski definition) is 1. The van der Waals surface area contributed by atoms with Crippen molar-refractivity contribution in [1.82, 2.24) is 15.2 Å². The van der Waals surface area contributed by atoms with Gasteiger partial charge in [-0.25, -0.2) is 4.98 Å². The van der Waals surface area contributed by atoms with Crippen molar-refractivity contribution >= 4 is 29.2 Å². The molecule has 0 bridgehead atoms. The number of halogens is 3.